The number of hydrogen-bond donors (Lipinski definition) is 1. The molecule has 0 aliphatic carbocycles. The van der Waals surface area contributed by atoms with E-state index < -0.39 is 25.7 Å². The maximum Gasteiger partial charge on any atom is 0.265 e. The van der Waals surface area contributed by atoms with Crippen molar-refractivity contribution in [2.45, 2.75) is 4.71 Å². The molecule has 0 spiro atoms. The largest absolute Gasteiger partial charge is 0.301 e. The Balaban J connectivity index is 2.91. The second-order valence-electron chi connectivity index (χ2n) is 4.50. The normalized spacial score (nSPS) is 14.7. The van der Waals surface area contributed by atoms with E-state index in [9.17, 15) is 12.6 Å². The highest BCUT2D eigenvalue weighted by atomic mass is 32.3. The van der Waals surface area contributed by atoms with Crippen LogP contribution in [0, 0.1) is 0 Å². The molecule has 0 bridgehead atoms. The van der Waals surface area contributed by atoms with E-state index in [0.29, 0.717) is 5.69 Å². The third-order valence-electron chi connectivity index (χ3n) is 2.93. The number of benzene rings is 1. The van der Waals surface area contributed by atoms with Gasteiger partial charge >= 0.3 is 0 Å². The average molecular weight is 355 g/mol. The molecule has 0 aliphatic heterocycles. The van der Waals surface area contributed by atoms with E-state index in [1.165, 1.54) is 24.6 Å². The van der Waals surface area contributed by atoms with Crippen LogP contribution in [0.3, 0.4) is 0 Å². The van der Waals surface area contributed by atoms with Crippen molar-refractivity contribution in [1.82, 2.24) is 4.31 Å². The average Bonchev–Trinajstić information content (AvgIpc) is 2.57. The van der Waals surface area contributed by atoms with Crippen LogP contribution < -0.4 is 10.0 Å². The summed E-state index contributed by atoms with van der Waals surface area (Å²) in [5.74, 6) is 0. The molecule has 0 aliphatic rings. The fourth-order valence-electron chi connectivity index (χ4n) is 1.58. The van der Waals surface area contributed by atoms with Gasteiger partial charge in [-0.1, -0.05) is 43.0 Å². The third-order valence-corrected chi connectivity index (χ3v) is 6.80. The maximum atomic E-state index is 12.5. The highest BCUT2D eigenvalue weighted by Crippen LogP contribution is 2.18. The third kappa shape index (κ3) is 5.05. The summed E-state index contributed by atoms with van der Waals surface area (Å²) in [4.78, 5) is 0. The molecule has 0 aromatic heterocycles. The van der Waals surface area contributed by atoms with Crippen molar-refractivity contribution >= 4 is 26.7 Å². The van der Waals surface area contributed by atoms with E-state index in [2.05, 4.69) is 6.58 Å². The Kier molecular flexibility index (Phi) is 7.21. The molecule has 1 rings (SSSR count). The Labute approximate surface area is 140 Å². The SMILES string of the molecule is C=C/C=C\C=C\N(C)S(=O)C(N)S(=O)(=O)N(C)c1ccccc1. The van der Waals surface area contributed by atoms with Crippen molar-refractivity contribution in [3.63, 3.8) is 0 Å². The molecule has 2 N–H and O–H groups in total. The molecule has 6 nitrogen and oxygen atoms in total. The number of hydrogen-bond acceptors (Lipinski definition) is 4. The van der Waals surface area contributed by atoms with Gasteiger partial charge in [0.1, 0.15) is 0 Å². The summed E-state index contributed by atoms with van der Waals surface area (Å²) >= 11 is 0. The van der Waals surface area contributed by atoms with Crippen LogP contribution in [0.5, 0.6) is 0 Å². The molecule has 0 saturated heterocycles. The lowest BCUT2D eigenvalue weighted by Crippen LogP contribution is -2.47. The molecule has 1 aromatic carbocycles. The van der Waals surface area contributed by atoms with Gasteiger partial charge in [0.15, 0.2) is 11.0 Å². The molecule has 126 valence electrons. The molecule has 2 atom stereocenters. The number of nitrogens with two attached hydrogens (primary N) is 1. The fraction of sp³-hybridized carbons (Fsp3) is 0.200. The first-order valence-electron chi connectivity index (χ1n) is 6.70. The van der Waals surface area contributed by atoms with Gasteiger partial charge in [0.25, 0.3) is 10.0 Å². The first-order chi connectivity index (χ1) is 10.8. The van der Waals surface area contributed by atoms with E-state index in [1.54, 1.807) is 54.6 Å². The van der Waals surface area contributed by atoms with Crippen molar-refractivity contribution in [3.8, 4) is 0 Å². The zero-order chi connectivity index (χ0) is 17.5. The van der Waals surface area contributed by atoms with Crippen molar-refractivity contribution < 1.29 is 12.6 Å². The highest BCUT2D eigenvalue weighted by Gasteiger charge is 2.33. The molecule has 0 fully saturated rings. The van der Waals surface area contributed by atoms with Crippen LogP contribution in [0.15, 0.2) is 67.4 Å². The highest BCUT2D eigenvalue weighted by molar-refractivity contribution is 8.06. The molecular weight excluding hydrogens is 334 g/mol. The lowest BCUT2D eigenvalue weighted by atomic mass is 10.3. The lowest BCUT2D eigenvalue weighted by molar-refractivity contribution is 0.584. The molecule has 0 amide bonds. The second-order valence-corrected chi connectivity index (χ2v) is 8.52. The topological polar surface area (TPSA) is 83.7 Å². The second kappa shape index (κ2) is 8.66. The van der Waals surface area contributed by atoms with Gasteiger partial charge in [0.2, 0.25) is 4.71 Å². The van der Waals surface area contributed by atoms with Gasteiger partial charge < -0.3 is 5.73 Å². The lowest BCUT2D eigenvalue weighted by Gasteiger charge is -2.25. The molecule has 23 heavy (non-hydrogen) atoms. The van der Waals surface area contributed by atoms with Crippen molar-refractivity contribution in [1.29, 1.82) is 0 Å². The van der Waals surface area contributed by atoms with Crippen LogP contribution in [0.4, 0.5) is 5.69 Å². The van der Waals surface area contributed by atoms with Gasteiger partial charge in [-0.2, -0.15) is 0 Å². The van der Waals surface area contributed by atoms with Crippen molar-refractivity contribution in [2.75, 3.05) is 18.4 Å². The predicted molar refractivity (Wildman–Crippen MR) is 96.1 cm³/mol. The summed E-state index contributed by atoms with van der Waals surface area (Å²) in [5.41, 5.74) is 6.18. The molecule has 8 heteroatoms. The van der Waals surface area contributed by atoms with Gasteiger partial charge in [0, 0.05) is 20.3 Å². The monoisotopic (exact) mass is 355 g/mol. The molecule has 0 radical (unpaired) electrons. The van der Waals surface area contributed by atoms with Crippen LogP contribution in [0.25, 0.3) is 0 Å². The molecular formula is C15H21N3O3S2. The predicted octanol–water partition coefficient (Wildman–Crippen LogP) is 1.55. The number of rotatable bonds is 8. The van der Waals surface area contributed by atoms with Crippen LogP contribution in [-0.2, 0) is 21.0 Å². The van der Waals surface area contributed by atoms with Gasteiger partial charge in [-0.05, 0) is 18.2 Å². The Morgan fingerprint density at radius 1 is 1.17 bits per heavy atom. The summed E-state index contributed by atoms with van der Waals surface area (Å²) in [6, 6.07) is 8.47. The first-order valence-corrected chi connectivity index (χ1v) is 9.37. The fourth-order valence-corrected chi connectivity index (χ4v) is 4.45. The summed E-state index contributed by atoms with van der Waals surface area (Å²) in [7, 11) is -3.04. The number of para-hydroxylation sites is 1. The van der Waals surface area contributed by atoms with Gasteiger partial charge in [-0.25, -0.2) is 12.6 Å². The minimum absolute atomic E-state index is 0.451. The van der Waals surface area contributed by atoms with E-state index in [-0.39, 0.29) is 0 Å². The number of sulfonamides is 1. The number of nitrogens with zero attached hydrogens (tertiary/aromatic N) is 2. The van der Waals surface area contributed by atoms with E-state index >= 15 is 0 Å². The van der Waals surface area contributed by atoms with Gasteiger partial charge in [-0.15, -0.1) is 0 Å². The molecule has 2 unspecified atom stereocenters. The van der Waals surface area contributed by atoms with Crippen LogP contribution in [0.2, 0.25) is 0 Å². The van der Waals surface area contributed by atoms with E-state index in [1.807, 2.05) is 0 Å². The summed E-state index contributed by atoms with van der Waals surface area (Å²) < 4.78 is 38.0. The zero-order valence-electron chi connectivity index (χ0n) is 13.1. The summed E-state index contributed by atoms with van der Waals surface area (Å²) in [5, 5.41) is 0. The zero-order valence-corrected chi connectivity index (χ0v) is 14.7. The standard InChI is InChI=1S/C15H21N3O3S2/c1-4-5-6-10-13-17(2)22(19)15(16)23(20,21)18(3)14-11-8-7-9-12-14/h4-13,15H,1,16H2,2-3H3/b6-5-,13-10+. The van der Waals surface area contributed by atoms with E-state index in [0.717, 1.165) is 4.31 Å². The van der Waals surface area contributed by atoms with Crippen LogP contribution in [0.1, 0.15) is 0 Å². The molecule has 0 saturated carbocycles. The van der Waals surface area contributed by atoms with Crippen molar-refractivity contribution in [2.24, 2.45) is 5.73 Å². The molecule has 0 heterocycles. The quantitative estimate of drug-likeness (QED) is 0.717. The minimum atomic E-state index is -3.97. The maximum absolute atomic E-state index is 12.5. The van der Waals surface area contributed by atoms with Gasteiger partial charge in [0.05, 0.1) is 5.69 Å². The van der Waals surface area contributed by atoms with Crippen molar-refractivity contribution in [3.05, 3.63) is 67.4 Å². The Hall–Kier alpha value is -1.90. The van der Waals surface area contributed by atoms with E-state index in [4.69, 9.17) is 5.73 Å². The Bertz CT molecular complexity index is 700. The van der Waals surface area contributed by atoms with Crippen LogP contribution >= 0.6 is 0 Å². The summed E-state index contributed by atoms with van der Waals surface area (Å²) in [6.45, 7) is 3.52. The number of allylic oxidation sites excluding steroid dienone is 4. The summed E-state index contributed by atoms with van der Waals surface area (Å²) in [6.07, 6.45) is 8.05. The Morgan fingerprint density at radius 3 is 2.35 bits per heavy atom. The first kappa shape index (κ1) is 19.1. The smallest absolute Gasteiger partial charge is 0.265 e. The van der Waals surface area contributed by atoms with Gasteiger partial charge in [-0.3, -0.25) is 8.61 Å². The molecule has 1 aromatic rings. The minimum Gasteiger partial charge on any atom is -0.301 e. The Morgan fingerprint density at radius 2 is 1.78 bits per heavy atom. The number of anilines is 1. The van der Waals surface area contributed by atoms with Crippen LogP contribution in [-0.4, -0.2) is 35.7 Å².